The lowest BCUT2D eigenvalue weighted by molar-refractivity contribution is 0.101. The van der Waals surface area contributed by atoms with Crippen molar-refractivity contribution in [1.82, 2.24) is 4.31 Å². The van der Waals surface area contributed by atoms with Crippen molar-refractivity contribution in [2.75, 3.05) is 18.8 Å². The molecule has 0 N–H and O–H groups in total. The molecule has 1 aliphatic heterocycles. The van der Waals surface area contributed by atoms with E-state index in [0.717, 1.165) is 4.31 Å². The molecule has 1 aromatic carbocycles. The summed E-state index contributed by atoms with van der Waals surface area (Å²) in [6, 6.07) is 5.80. The van der Waals surface area contributed by atoms with Gasteiger partial charge in [-0.3, -0.25) is 4.79 Å². The maximum atomic E-state index is 12.5. The molecule has 0 unspecified atom stereocenters. The molecule has 1 aliphatic rings. The van der Waals surface area contributed by atoms with Gasteiger partial charge in [0, 0.05) is 18.7 Å². The van der Waals surface area contributed by atoms with E-state index >= 15 is 0 Å². The topological polar surface area (TPSA) is 88.6 Å². The summed E-state index contributed by atoms with van der Waals surface area (Å²) >= 11 is 0. The Morgan fingerprint density at radius 3 is 2.35 bits per heavy atom. The van der Waals surface area contributed by atoms with Gasteiger partial charge in [0.2, 0.25) is 10.0 Å². The molecule has 1 heterocycles. The first-order valence-electron chi connectivity index (χ1n) is 7.37. The maximum Gasteiger partial charge on any atom is 0.243 e. The molecule has 0 radical (unpaired) electrons. The SMILES string of the molecule is CC(=O)c1cccc(S(=O)(=O)N2CC(S(=O)(=O)CC(C)C)C2)c1. The second-order valence-corrected chi connectivity index (χ2v) is 10.5. The lowest BCUT2D eigenvalue weighted by Crippen LogP contribution is -2.57. The van der Waals surface area contributed by atoms with Crippen molar-refractivity contribution in [2.45, 2.75) is 30.9 Å². The molecule has 0 spiro atoms. The summed E-state index contributed by atoms with van der Waals surface area (Å²) in [6.07, 6.45) is 0. The van der Waals surface area contributed by atoms with Gasteiger partial charge in [-0.15, -0.1) is 0 Å². The van der Waals surface area contributed by atoms with Gasteiger partial charge in [0.15, 0.2) is 15.6 Å². The maximum absolute atomic E-state index is 12.5. The van der Waals surface area contributed by atoms with Crippen LogP contribution in [0.3, 0.4) is 0 Å². The number of hydrogen-bond donors (Lipinski definition) is 0. The first-order valence-corrected chi connectivity index (χ1v) is 10.5. The van der Waals surface area contributed by atoms with E-state index in [-0.39, 0.29) is 35.4 Å². The fourth-order valence-electron chi connectivity index (χ4n) is 2.45. The number of sulfone groups is 1. The molecular weight excluding hydrogens is 338 g/mol. The van der Waals surface area contributed by atoms with Crippen LogP contribution in [0.15, 0.2) is 29.2 Å². The van der Waals surface area contributed by atoms with E-state index in [1.165, 1.54) is 25.1 Å². The number of ketones is 1. The minimum absolute atomic E-state index is 0.0119. The number of Topliss-reactive ketones (excluding diaryl/α,β-unsaturated/α-hetero) is 1. The molecule has 1 fully saturated rings. The van der Waals surface area contributed by atoms with Crippen molar-refractivity contribution < 1.29 is 21.6 Å². The smallest absolute Gasteiger partial charge is 0.243 e. The van der Waals surface area contributed by atoms with Crippen LogP contribution in [0.1, 0.15) is 31.1 Å². The average Bonchev–Trinajstić information content (AvgIpc) is 2.34. The summed E-state index contributed by atoms with van der Waals surface area (Å²) in [4.78, 5) is 11.4. The average molecular weight is 359 g/mol. The molecule has 1 aromatic rings. The van der Waals surface area contributed by atoms with Gasteiger partial charge in [0.1, 0.15) is 0 Å². The Morgan fingerprint density at radius 1 is 1.22 bits per heavy atom. The van der Waals surface area contributed by atoms with E-state index < -0.39 is 25.1 Å². The summed E-state index contributed by atoms with van der Waals surface area (Å²) in [7, 11) is -7.04. The number of rotatable bonds is 6. The molecule has 2 rings (SSSR count). The second kappa shape index (κ2) is 6.33. The number of carbonyl (C=O) groups excluding carboxylic acids is 1. The lowest BCUT2D eigenvalue weighted by atomic mass is 10.2. The zero-order chi connectivity index (χ0) is 17.4. The van der Waals surface area contributed by atoms with Crippen LogP contribution in [-0.4, -0.2) is 51.0 Å². The minimum Gasteiger partial charge on any atom is -0.295 e. The van der Waals surface area contributed by atoms with Gasteiger partial charge in [-0.25, -0.2) is 16.8 Å². The van der Waals surface area contributed by atoms with Gasteiger partial charge in [0.05, 0.1) is 15.9 Å². The van der Waals surface area contributed by atoms with Crippen molar-refractivity contribution >= 4 is 25.6 Å². The largest absolute Gasteiger partial charge is 0.295 e. The van der Waals surface area contributed by atoms with E-state index in [2.05, 4.69) is 0 Å². The Morgan fingerprint density at radius 2 is 1.83 bits per heavy atom. The van der Waals surface area contributed by atoms with Gasteiger partial charge in [-0.1, -0.05) is 26.0 Å². The Kier molecular flexibility index (Phi) is 4.98. The molecule has 8 heteroatoms. The molecule has 23 heavy (non-hydrogen) atoms. The van der Waals surface area contributed by atoms with Crippen molar-refractivity contribution in [2.24, 2.45) is 5.92 Å². The number of nitrogens with zero attached hydrogens (tertiary/aromatic N) is 1. The van der Waals surface area contributed by atoms with E-state index in [0.29, 0.717) is 5.56 Å². The van der Waals surface area contributed by atoms with Crippen LogP contribution in [-0.2, 0) is 19.9 Å². The lowest BCUT2D eigenvalue weighted by Gasteiger charge is -2.37. The molecule has 0 atom stereocenters. The monoisotopic (exact) mass is 359 g/mol. The molecule has 0 saturated carbocycles. The summed E-state index contributed by atoms with van der Waals surface area (Å²) in [5.41, 5.74) is 0.315. The molecule has 0 aliphatic carbocycles. The number of hydrogen-bond acceptors (Lipinski definition) is 5. The third kappa shape index (κ3) is 3.81. The predicted octanol–water partition coefficient (Wildman–Crippen LogP) is 1.33. The predicted molar refractivity (Wildman–Crippen MR) is 87.6 cm³/mol. The summed E-state index contributed by atoms with van der Waals surface area (Å²) in [5, 5.41) is -0.643. The Bertz CT molecular complexity index is 806. The van der Waals surface area contributed by atoms with Crippen LogP contribution in [0, 0.1) is 5.92 Å². The third-order valence-electron chi connectivity index (χ3n) is 3.77. The summed E-state index contributed by atoms with van der Waals surface area (Å²) in [5.74, 6) is -0.147. The van der Waals surface area contributed by atoms with E-state index in [1.807, 2.05) is 13.8 Å². The normalized spacial score (nSPS) is 17.2. The van der Waals surface area contributed by atoms with Crippen LogP contribution in [0.5, 0.6) is 0 Å². The van der Waals surface area contributed by atoms with Gasteiger partial charge < -0.3 is 0 Å². The van der Waals surface area contributed by atoms with Gasteiger partial charge in [0.25, 0.3) is 0 Å². The quantitative estimate of drug-likeness (QED) is 0.715. The van der Waals surface area contributed by atoms with Crippen molar-refractivity contribution in [3.63, 3.8) is 0 Å². The highest BCUT2D eigenvalue weighted by molar-refractivity contribution is 7.92. The van der Waals surface area contributed by atoms with E-state index in [4.69, 9.17) is 0 Å². The van der Waals surface area contributed by atoms with Gasteiger partial charge in [-0.2, -0.15) is 4.31 Å². The molecular formula is C15H21NO5S2. The van der Waals surface area contributed by atoms with Crippen LogP contribution in [0.25, 0.3) is 0 Å². The standard InChI is InChI=1S/C15H21NO5S2/c1-11(2)10-22(18,19)15-8-16(9-15)23(20,21)14-6-4-5-13(7-14)12(3)17/h4-7,11,15H,8-10H2,1-3H3. The van der Waals surface area contributed by atoms with Crippen molar-refractivity contribution in [3.8, 4) is 0 Å². The Hall–Kier alpha value is -1.25. The first-order chi connectivity index (χ1) is 10.5. The molecule has 0 amide bonds. The van der Waals surface area contributed by atoms with Crippen LogP contribution >= 0.6 is 0 Å². The Balaban J connectivity index is 2.15. The minimum atomic E-state index is -3.76. The number of benzene rings is 1. The number of sulfonamides is 1. The summed E-state index contributed by atoms with van der Waals surface area (Å²) in [6.45, 7) is 4.95. The van der Waals surface area contributed by atoms with Gasteiger partial charge in [-0.05, 0) is 25.0 Å². The Labute approximate surface area is 137 Å². The zero-order valence-electron chi connectivity index (χ0n) is 13.4. The molecule has 0 aromatic heterocycles. The fraction of sp³-hybridized carbons (Fsp3) is 0.533. The second-order valence-electron chi connectivity index (χ2n) is 6.25. The van der Waals surface area contributed by atoms with Crippen LogP contribution in [0.2, 0.25) is 0 Å². The van der Waals surface area contributed by atoms with Crippen LogP contribution in [0.4, 0.5) is 0 Å². The molecule has 128 valence electrons. The highest BCUT2D eigenvalue weighted by Gasteiger charge is 2.43. The molecule has 1 saturated heterocycles. The summed E-state index contributed by atoms with van der Waals surface area (Å²) < 4.78 is 50.4. The van der Waals surface area contributed by atoms with Crippen molar-refractivity contribution in [1.29, 1.82) is 0 Å². The first kappa shape index (κ1) is 18.1. The number of carbonyl (C=O) groups is 1. The van der Waals surface area contributed by atoms with E-state index in [1.54, 1.807) is 6.07 Å². The van der Waals surface area contributed by atoms with Crippen LogP contribution < -0.4 is 0 Å². The fourth-order valence-corrected chi connectivity index (χ4v) is 6.23. The highest BCUT2D eigenvalue weighted by atomic mass is 32.2. The molecule has 6 nitrogen and oxygen atoms in total. The molecule has 0 bridgehead atoms. The third-order valence-corrected chi connectivity index (χ3v) is 8.04. The van der Waals surface area contributed by atoms with E-state index in [9.17, 15) is 21.6 Å². The zero-order valence-corrected chi connectivity index (χ0v) is 15.0. The van der Waals surface area contributed by atoms with Crippen molar-refractivity contribution in [3.05, 3.63) is 29.8 Å². The highest BCUT2D eigenvalue weighted by Crippen LogP contribution is 2.26. The van der Waals surface area contributed by atoms with Gasteiger partial charge >= 0.3 is 0 Å².